The van der Waals surface area contributed by atoms with Crippen LogP contribution in [-0.2, 0) is 10.1 Å². The quantitative estimate of drug-likeness (QED) is 0.778. The molecule has 0 amide bonds. The van der Waals surface area contributed by atoms with Crippen LogP contribution in [0.25, 0.3) is 0 Å². The first kappa shape index (κ1) is 10.4. The van der Waals surface area contributed by atoms with E-state index in [1.807, 2.05) is 24.3 Å². The van der Waals surface area contributed by atoms with Gasteiger partial charge in [0.15, 0.2) is 0 Å². The van der Waals surface area contributed by atoms with Crippen molar-refractivity contribution in [3.63, 3.8) is 0 Å². The normalized spacial score (nSPS) is 20.5. The van der Waals surface area contributed by atoms with Gasteiger partial charge in [-0.25, -0.2) is 0 Å². The summed E-state index contributed by atoms with van der Waals surface area (Å²) in [4.78, 5) is 0. The number of hydrogen-bond acceptors (Lipinski definition) is 3. The molecular weight excluding hydrogens is 216 g/mol. The van der Waals surface area contributed by atoms with Crippen molar-refractivity contribution in [1.82, 2.24) is 0 Å². The first-order valence-corrected chi connectivity index (χ1v) is 6.34. The average molecular weight is 228 g/mol. The standard InChI is InChI=1S/C10H12O4S/c11-15(12,13)7-8-5-6-14-10-4-2-1-3-9(8)10/h1-4,8H,5-7H2,(H,11,12,13). The van der Waals surface area contributed by atoms with Gasteiger partial charge in [0.2, 0.25) is 0 Å². The van der Waals surface area contributed by atoms with Gasteiger partial charge in [-0.15, -0.1) is 0 Å². The van der Waals surface area contributed by atoms with Crippen molar-refractivity contribution in [1.29, 1.82) is 0 Å². The van der Waals surface area contributed by atoms with Crippen LogP contribution in [0.1, 0.15) is 17.9 Å². The third kappa shape index (κ3) is 2.49. The first-order chi connectivity index (χ1) is 7.06. The molecule has 1 N–H and O–H groups in total. The minimum atomic E-state index is -3.92. The lowest BCUT2D eigenvalue weighted by Crippen LogP contribution is -2.21. The lowest BCUT2D eigenvalue weighted by Gasteiger charge is -2.24. The van der Waals surface area contributed by atoms with Gasteiger partial charge in [-0.3, -0.25) is 4.55 Å². The molecule has 15 heavy (non-hydrogen) atoms. The number of para-hydroxylation sites is 1. The highest BCUT2D eigenvalue weighted by Crippen LogP contribution is 2.33. The molecule has 1 heterocycles. The second-order valence-electron chi connectivity index (χ2n) is 3.62. The molecule has 0 spiro atoms. The van der Waals surface area contributed by atoms with Crippen molar-refractivity contribution in [2.24, 2.45) is 0 Å². The molecule has 1 aromatic rings. The van der Waals surface area contributed by atoms with Crippen LogP contribution in [0.3, 0.4) is 0 Å². The molecule has 1 unspecified atom stereocenters. The van der Waals surface area contributed by atoms with E-state index in [4.69, 9.17) is 9.29 Å². The Morgan fingerprint density at radius 3 is 2.87 bits per heavy atom. The summed E-state index contributed by atoms with van der Waals surface area (Å²) < 4.78 is 35.9. The predicted molar refractivity (Wildman–Crippen MR) is 55.7 cm³/mol. The fraction of sp³-hybridized carbons (Fsp3) is 0.400. The molecule has 0 saturated heterocycles. The van der Waals surface area contributed by atoms with Crippen molar-refractivity contribution in [2.45, 2.75) is 12.3 Å². The lowest BCUT2D eigenvalue weighted by atomic mass is 9.95. The van der Waals surface area contributed by atoms with Crippen molar-refractivity contribution >= 4 is 10.1 Å². The fourth-order valence-corrected chi connectivity index (χ4v) is 2.70. The number of ether oxygens (including phenoxy) is 1. The van der Waals surface area contributed by atoms with Gasteiger partial charge < -0.3 is 4.74 Å². The fourth-order valence-electron chi connectivity index (χ4n) is 1.84. The Balaban J connectivity index is 2.30. The van der Waals surface area contributed by atoms with E-state index < -0.39 is 10.1 Å². The summed E-state index contributed by atoms with van der Waals surface area (Å²) in [5.41, 5.74) is 0.862. The van der Waals surface area contributed by atoms with Crippen LogP contribution in [0.2, 0.25) is 0 Å². The van der Waals surface area contributed by atoms with Crippen LogP contribution >= 0.6 is 0 Å². The number of hydrogen-bond donors (Lipinski definition) is 1. The second kappa shape index (κ2) is 3.83. The van der Waals surface area contributed by atoms with Crippen LogP contribution in [0.4, 0.5) is 0 Å². The Labute approximate surface area is 88.6 Å². The molecule has 1 atom stereocenters. The van der Waals surface area contributed by atoms with Gasteiger partial charge in [0, 0.05) is 5.92 Å². The van der Waals surface area contributed by atoms with Crippen molar-refractivity contribution in [3.05, 3.63) is 29.8 Å². The highest BCUT2D eigenvalue weighted by Gasteiger charge is 2.25. The number of fused-ring (bicyclic) bond motifs is 1. The molecule has 5 heteroatoms. The highest BCUT2D eigenvalue weighted by atomic mass is 32.2. The second-order valence-corrected chi connectivity index (χ2v) is 5.12. The molecule has 0 fully saturated rings. The third-order valence-electron chi connectivity index (χ3n) is 2.49. The summed E-state index contributed by atoms with van der Waals surface area (Å²) in [5.74, 6) is 0.329. The van der Waals surface area contributed by atoms with E-state index in [0.717, 1.165) is 11.3 Å². The van der Waals surface area contributed by atoms with Crippen LogP contribution in [-0.4, -0.2) is 25.3 Å². The van der Waals surface area contributed by atoms with Gasteiger partial charge in [0.05, 0.1) is 12.4 Å². The van der Waals surface area contributed by atoms with Crippen LogP contribution in [0.15, 0.2) is 24.3 Å². The van der Waals surface area contributed by atoms with Crippen molar-refractivity contribution in [2.75, 3.05) is 12.4 Å². The maximum atomic E-state index is 10.8. The summed E-state index contributed by atoms with van der Waals surface area (Å²) in [7, 11) is -3.92. The zero-order valence-electron chi connectivity index (χ0n) is 8.09. The monoisotopic (exact) mass is 228 g/mol. The van der Waals surface area contributed by atoms with Crippen LogP contribution in [0.5, 0.6) is 5.75 Å². The zero-order valence-corrected chi connectivity index (χ0v) is 8.90. The summed E-state index contributed by atoms with van der Waals surface area (Å²) in [5, 5.41) is 0. The topological polar surface area (TPSA) is 63.6 Å². The maximum Gasteiger partial charge on any atom is 0.265 e. The van der Waals surface area contributed by atoms with Gasteiger partial charge in [-0.2, -0.15) is 8.42 Å². The molecule has 1 aromatic carbocycles. The summed E-state index contributed by atoms with van der Waals surface area (Å²) >= 11 is 0. The summed E-state index contributed by atoms with van der Waals surface area (Å²) in [6.45, 7) is 0.497. The molecule has 1 aliphatic rings. The first-order valence-electron chi connectivity index (χ1n) is 4.73. The van der Waals surface area contributed by atoms with Gasteiger partial charge in [-0.05, 0) is 18.1 Å². The lowest BCUT2D eigenvalue weighted by molar-refractivity contribution is 0.272. The molecule has 4 nitrogen and oxygen atoms in total. The van der Waals surface area contributed by atoms with E-state index in [1.54, 1.807) is 0 Å². The SMILES string of the molecule is O=S(=O)(O)CC1CCOc2ccccc21. The number of rotatable bonds is 2. The van der Waals surface area contributed by atoms with Gasteiger partial charge >= 0.3 is 0 Å². The molecule has 1 aliphatic heterocycles. The Morgan fingerprint density at radius 1 is 1.40 bits per heavy atom. The van der Waals surface area contributed by atoms with Crippen LogP contribution < -0.4 is 4.74 Å². The molecule has 0 aromatic heterocycles. The van der Waals surface area contributed by atoms with Crippen molar-refractivity contribution in [3.8, 4) is 5.75 Å². The summed E-state index contributed by atoms with van der Waals surface area (Å²) in [6, 6.07) is 7.33. The van der Waals surface area contributed by atoms with E-state index in [2.05, 4.69) is 0 Å². The Bertz CT molecular complexity index is 452. The average Bonchev–Trinajstić information content (AvgIpc) is 2.16. The van der Waals surface area contributed by atoms with E-state index in [-0.39, 0.29) is 11.7 Å². The molecule has 2 rings (SSSR count). The molecule has 0 saturated carbocycles. The van der Waals surface area contributed by atoms with Gasteiger partial charge in [-0.1, -0.05) is 18.2 Å². The largest absolute Gasteiger partial charge is 0.493 e. The molecular formula is C10H12O4S. The van der Waals surface area contributed by atoms with E-state index in [0.29, 0.717) is 13.0 Å². The smallest absolute Gasteiger partial charge is 0.265 e. The molecule has 0 aliphatic carbocycles. The number of benzene rings is 1. The highest BCUT2D eigenvalue weighted by molar-refractivity contribution is 7.85. The Kier molecular flexibility index (Phi) is 2.67. The van der Waals surface area contributed by atoms with E-state index in [1.165, 1.54) is 0 Å². The molecule has 82 valence electrons. The van der Waals surface area contributed by atoms with Gasteiger partial charge in [0.25, 0.3) is 10.1 Å². The minimum Gasteiger partial charge on any atom is -0.493 e. The minimum absolute atomic E-state index is 0.162. The van der Waals surface area contributed by atoms with E-state index in [9.17, 15) is 8.42 Å². The summed E-state index contributed by atoms with van der Waals surface area (Å²) in [6.07, 6.45) is 0.622. The predicted octanol–water partition coefficient (Wildman–Crippen LogP) is 1.44. The van der Waals surface area contributed by atoms with Crippen molar-refractivity contribution < 1.29 is 17.7 Å². The van der Waals surface area contributed by atoms with Crippen LogP contribution in [0, 0.1) is 0 Å². The molecule has 0 radical (unpaired) electrons. The Hall–Kier alpha value is -1.07. The maximum absolute atomic E-state index is 10.8. The third-order valence-corrected chi connectivity index (χ3v) is 3.32. The zero-order chi connectivity index (χ0) is 10.9. The van der Waals surface area contributed by atoms with E-state index >= 15 is 0 Å². The molecule has 0 bridgehead atoms. The van der Waals surface area contributed by atoms with Gasteiger partial charge in [0.1, 0.15) is 5.75 Å². The Morgan fingerprint density at radius 2 is 2.13 bits per heavy atom.